The molecule has 1 heterocycles. The van der Waals surface area contributed by atoms with Gasteiger partial charge in [-0.25, -0.2) is 0 Å². The highest BCUT2D eigenvalue weighted by molar-refractivity contribution is 5.57. The Bertz CT molecular complexity index is 320. The first kappa shape index (κ1) is 10.5. The Balaban J connectivity index is 1.90. The second kappa shape index (κ2) is 4.67. The van der Waals surface area contributed by atoms with Crippen molar-refractivity contribution in [1.82, 2.24) is 5.32 Å². The van der Waals surface area contributed by atoms with Gasteiger partial charge in [0.25, 0.3) is 0 Å². The molecule has 1 aliphatic heterocycles. The zero-order valence-electron chi connectivity index (χ0n) is 9.59. The molecule has 2 nitrogen and oxygen atoms in total. The van der Waals surface area contributed by atoms with Gasteiger partial charge in [-0.3, -0.25) is 0 Å². The molecular weight excluding hydrogens is 184 g/mol. The first-order chi connectivity index (χ1) is 7.27. The van der Waals surface area contributed by atoms with Crippen LogP contribution in [0.2, 0.25) is 0 Å². The highest BCUT2D eigenvalue weighted by Crippen LogP contribution is 2.32. The van der Waals surface area contributed by atoms with E-state index in [4.69, 9.17) is 0 Å². The molecule has 2 N–H and O–H groups in total. The fourth-order valence-electron chi connectivity index (χ4n) is 2.16. The van der Waals surface area contributed by atoms with Crippen LogP contribution in [-0.4, -0.2) is 19.1 Å². The molecule has 1 atom stereocenters. The number of fused-ring (bicyclic) bond motifs is 1. The molecule has 15 heavy (non-hydrogen) atoms. The van der Waals surface area contributed by atoms with Crippen molar-refractivity contribution < 1.29 is 0 Å². The summed E-state index contributed by atoms with van der Waals surface area (Å²) < 4.78 is 0. The highest BCUT2D eigenvalue weighted by atomic mass is 14.9. The van der Waals surface area contributed by atoms with E-state index in [0.717, 1.165) is 13.1 Å². The smallest absolute Gasteiger partial charge is 0.0376 e. The predicted molar refractivity (Wildman–Crippen MR) is 65.4 cm³/mol. The third kappa shape index (κ3) is 2.51. The largest absolute Gasteiger partial charge is 0.384 e. The Kier molecular flexibility index (Phi) is 3.27. The van der Waals surface area contributed by atoms with Gasteiger partial charge in [-0.05, 0) is 24.6 Å². The number of hydrogen-bond donors (Lipinski definition) is 2. The van der Waals surface area contributed by atoms with Crippen molar-refractivity contribution in [1.29, 1.82) is 0 Å². The summed E-state index contributed by atoms with van der Waals surface area (Å²) >= 11 is 0. The topological polar surface area (TPSA) is 24.1 Å². The molecule has 0 aromatic heterocycles. The molecule has 1 unspecified atom stereocenters. The second-order valence-corrected chi connectivity index (χ2v) is 4.56. The first-order valence-corrected chi connectivity index (χ1v) is 5.83. The fraction of sp³-hybridized carbons (Fsp3) is 0.538. The maximum Gasteiger partial charge on any atom is 0.0376 e. The molecule has 82 valence electrons. The lowest BCUT2D eigenvalue weighted by molar-refractivity contribution is 0.540. The van der Waals surface area contributed by atoms with Gasteiger partial charge in [-0.1, -0.05) is 32.0 Å². The van der Waals surface area contributed by atoms with Crippen molar-refractivity contribution in [2.45, 2.75) is 32.2 Å². The zero-order chi connectivity index (χ0) is 10.7. The maximum atomic E-state index is 3.48. The van der Waals surface area contributed by atoms with Crippen molar-refractivity contribution in [2.24, 2.45) is 0 Å². The van der Waals surface area contributed by atoms with Crippen LogP contribution in [0.1, 0.15) is 31.7 Å². The SMILES string of the molecule is CC(C)NCCC1CNc2ccccc21. The van der Waals surface area contributed by atoms with Gasteiger partial charge in [-0.15, -0.1) is 0 Å². The Labute approximate surface area is 92.1 Å². The lowest BCUT2D eigenvalue weighted by Gasteiger charge is -2.12. The van der Waals surface area contributed by atoms with Gasteiger partial charge in [0, 0.05) is 24.2 Å². The van der Waals surface area contributed by atoms with Crippen LogP contribution < -0.4 is 10.6 Å². The monoisotopic (exact) mass is 204 g/mol. The second-order valence-electron chi connectivity index (χ2n) is 4.56. The normalized spacial score (nSPS) is 19.0. The summed E-state index contributed by atoms with van der Waals surface area (Å²) in [7, 11) is 0. The van der Waals surface area contributed by atoms with E-state index in [2.05, 4.69) is 48.7 Å². The van der Waals surface area contributed by atoms with Crippen LogP contribution in [0.4, 0.5) is 5.69 Å². The predicted octanol–water partition coefficient (Wildman–Crippen LogP) is 2.58. The number of anilines is 1. The van der Waals surface area contributed by atoms with E-state index in [1.54, 1.807) is 0 Å². The molecule has 2 rings (SSSR count). The minimum atomic E-state index is 0.592. The molecule has 2 heteroatoms. The van der Waals surface area contributed by atoms with E-state index in [1.165, 1.54) is 17.7 Å². The maximum absolute atomic E-state index is 3.48. The number of nitrogens with one attached hydrogen (secondary N) is 2. The molecule has 1 aromatic rings. The summed E-state index contributed by atoms with van der Waals surface area (Å²) in [5.74, 6) is 0.687. The van der Waals surface area contributed by atoms with Crippen molar-refractivity contribution in [3.63, 3.8) is 0 Å². The average Bonchev–Trinajstić information content (AvgIpc) is 2.62. The first-order valence-electron chi connectivity index (χ1n) is 5.83. The molecule has 0 amide bonds. The van der Waals surface area contributed by atoms with E-state index in [-0.39, 0.29) is 0 Å². The average molecular weight is 204 g/mol. The van der Waals surface area contributed by atoms with E-state index in [1.807, 2.05) is 0 Å². The van der Waals surface area contributed by atoms with E-state index in [9.17, 15) is 0 Å². The van der Waals surface area contributed by atoms with Crippen molar-refractivity contribution in [3.05, 3.63) is 29.8 Å². The van der Waals surface area contributed by atoms with Crippen LogP contribution in [-0.2, 0) is 0 Å². The van der Waals surface area contributed by atoms with Gasteiger partial charge in [-0.2, -0.15) is 0 Å². The molecule has 1 aliphatic rings. The summed E-state index contributed by atoms with van der Waals surface area (Å²) in [6.45, 7) is 6.60. The Morgan fingerprint density at radius 3 is 3.00 bits per heavy atom. The molecule has 0 fully saturated rings. The minimum Gasteiger partial charge on any atom is -0.384 e. The fourth-order valence-corrected chi connectivity index (χ4v) is 2.16. The summed E-state index contributed by atoms with van der Waals surface area (Å²) in [5.41, 5.74) is 2.81. The van der Waals surface area contributed by atoms with E-state index in [0.29, 0.717) is 12.0 Å². The molecule has 0 aliphatic carbocycles. The quantitative estimate of drug-likeness (QED) is 0.787. The van der Waals surface area contributed by atoms with E-state index >= 15 is 0 Å². The van der Waals surface area contributed by atoms with Crippen LogP contribution in [0, 0.1) is 0 Å². The third-order valence-electron chi connectivity index (χ3n) is 2.98. The molecule has 0 saturated heterocycles. The summed E-state index contributed by atoms with van der Waals surface area (Å²) in [6, 6.07) is 9.24. The Hall–Kier alpha value is -1.02. The van der Waals surface area contributed by atoms with Gasteiger partial charge in [0.15, 0.2) is 0 Å². The van der Waals surface area contributed by atoms with Crippen LogP contribution in [0.15, 0.2) is 24.3 Å². The number of para-hydroxylation sites is 1. The van der Waals surface area contributed by atoms with Crippen molar-refractivity contribution >= 4 is 5.69 Å². The van der Waals surface area contributed by atoms with Gasteiger partial charge in [0.2, 0.25) is 0 Å². The molecule has 0 saturated carbocycles. The lowest BCUT2D eigenvalue weighted by atomic mass is 9.98. The van der Waals surface area contributed by atoms with Crippen LogP contribution >= 0.6 is 0 Å². The standard InChI is InChI=1S/C13H20N2/c1-10(2)14-8-7-11-9-15-13-6-4-3-5-12(11)13/h3-6,10-11,14-15H,7-9H2,1-2H3. The molecule has 0 radical (unpaired) electrons. The minimum absolute atomic E-state index is 0.592. The third-order valence-corrected chi connectivity index (χ3v) is 2.98. The van der Waals surface area contributed by atoms with Gasteiger partial charge < -0.3 is 10.6 Å². The van der Waals surface area contributed by atoms with Gasteiger partial charge in [0.1, 0.15) is 0 Å². The summed E-state index contributed by atoms with van der Waals surface area (Å²) in [6.07, 6.45) is 1.22. The Morgan fingerprint density at radius 1 is 1.40 bits per heavy atom. The van der Waals surface area contributed by atoms with Crippen molar-refractivity contribution in [2.75, 3.05) is 18.4 Å². The number of rotatable bonds is 4. The number of hydrogen-bond acceptors (Lipinski definition) is 2. The van der Waals surface area contributed by atoms with Crippen LogP contribution in [0.3, 0.4) is 0 Å². The summed E-state index contributed by atoms with van der Waals surface area (Å²) in [5, 5.41) is 6.94. The lowest BCUT2D eigenvalue weighted by Crippen LogP contribution is -2.25. The summed E-state index contributed by atoms with van der Waals surface area (Å²) in [4.78, 5) is 0. The van der Waals surface area contributed by atoms with Gasteiger partial charge >= 0.3 is 0 Å². The zero-order valence-corrected chi connectivity index (χ0v) is 9.59. The molecule has 0 spiro atoms. The molecule has 1 aromatic carbocycles. The Morgan fingerprint density at radius 2 is 2.20 bits per heavy atom. The van der Waals surface area contributed by atoms with Crippen LogP contribution in [0.5, 0.6) is 0 Å². The molecular formula is C13H20N2. The number of benzene rings is 1. The van der Waals surface area contributed by atoms with Crippen LogP contribution in [0.25, 0.3) is 0 Å². The van der Waals surface area contributed by atoms with Crippen molar-refractivity contribution in [3.8, 4) is 0 Å². The molecule has 0 bridgehead atoms. The highest BCUT2D eigenvalue weighted by Gasteiger charge is 2.20. The van der Waals surface area contributed by atoms with Gasteiger partial charge in [0.05, 0.1) is 0 Å². The van der Waals surface area contributed by atoms with E-state index < -0.39 is 0 Å².